The molecular formula is C25H19I2NO2S2. The van der Waals surface area contributed by atoms with Crippen LogP contribution in [0.5, 0.6) is 5.75 Å². The van der Waals surface area contributed by atoms with Gasteiger partial charge in [0.25, 0.3) is 5.91 Å². The van der Waals surface area contributed by atoms with Crippen LogP contribution in [0.4, 0.5) is 5.69 Å². The molecule has 32 heavy (non-hydrogen) atoms. The normalized spacial score (nSPS) is 15.0. The maximum absolute atomic E-state index is 13.1. The molecule has 3 nitrogen and oxygen atoms in total. The van der Waals surface area contributed by atoms with Crippen LogP contribution < -0.4 is 9.64 Å². The van der Waals surface area contributed by atoms with Gasteiger partial charge in [-0.05, 0) is 112 Å². The van der Waals surface area contributed by atoms with Crippen molar-refractivity contribution in [3.63, 3.8) is 0 Å². The molecule has 1 aliphatic heterocycles. The zero-order valence-electron chi connectivity index (χ0n) is 17.4. The van der Waals surface area contributed by atoms with Crippen molar-refractivity contribution in [1.82, 2.24) is 0 Å². The summed E-state index contributed by atoms with van der Waals surface area (Å²) in [4.78, 5) is 15.4. The van der Waals surface area contributed by atoms with E-state index in [1.54, 1.807) is 4.90 Å². The Balaban J connectivity index is 1.56. The summed E-state index contributed by atoms with van der Waals surface area (Å²) in [6.07, 6.45) is 1.91. The van der Waals surface area contributed by atoms with Gasteiger partial charge in [0, 0.05) is 0 Å². The quantitative estimate of drug-likeness (QED) is 0.158. The molecular weight excluding hydrogens is 664 g/mol. The fourth-order valence-electron chi connectivity index (χ4n) is 3.24. The van der Waals surface area contributed by atoms with Crippen LogP contribution >= 0.6 is 69.2 Å². The minimum absolute atomic E-state index is 0.0855. The van der Waals surface area contributed by atoms with Crippen LogP contribution in [0, 0.1) is 21.0 Å². The molecule has 0 N–H and O–H groups in total. The monoisotopic (exact) mass is 683 g/mol. The Morgan fingerprint density at radius 3 is 2.34 bits per heavy atom. The lowest BCUT2D eigenvalue weighted by atomic mass is 10.1. The van der Waals surface area contributed by atoms with Gasteiger partial charge in [0.1, 0.15) is 12.4 Å². The van der Waals surface area contributed by atoms with Crippen molar-refractivity contribution in [2.45, 2.75) is 20.5 Å². The fraction of sp³-hybridized carbons (Fsp3) is 0.120. The van der Waals surface area contributed by atoms with Crippen LogP contribution in [0.3, 0.4) is 0 Å². The first-order valence-electron chi connectivity index (χ1n) is 9.84. The first kappa shape index (κ1) is 23.7. The first-order chi connectivity index (χ1) is 15.3. The van der Waals surface area contributed by atoms with Gasteiger partial charge in [-0.15, -0.1) is 0 Å². The van der Waals surface area contributed by atoms with Crippen molar-refractivity contribution in [2.24, 2.45) is 0 Å². The van der Waals surface area contributed by atoms with Crippen molar-refractivity contribution in [3.8, 4) is 5.75 Å². The van der Waals surface area contributed by atoms with E-state index in [-0.39, 0.29) is 5.91 Å². The van der Waals surface area contributed by atoms with E-state index in [1.807, 2.05) is 73.7 Å². The molecule has 0 bridgehead atoms. The third kappa shape index (κ3) is 5.21. The zero-order valence-corrected chi connectivity index (χ0v) is 23.3. The first-order valence-corrected chi connectivity index (χ1v) is 13.2. The number of aryl methyl sites for hydroxylation is 2. The summed E-state index contributed by atoms with van der Waals surface area (Å²) in [5.41, 5.74) is 5.21. The van der Waals surface area contributed by atoms with Crippen LogP contribution in [0.1, 0.15) is 22.3 Å². The van der Waals surface area contributed by atoms with Gasteiger partial charge in [-0.1, -0.05) is 60.4 Å². The van der Waals surface area contributed by atoms with E-state index >= 15 is 0 Å². The number of amides is 1. The predicted octanol–water partition coefficient (Wildman–Crippen LogP) is 7.50. The van der Waals surface area contributed by atoms with Gasteiger partial charge in [-0.2, -0.15) is 0 Å². The lowest BCUT2D eigenvalue weighted by Crippen LogP contribution is -2.27. The molecule has 0 atom stereocenters. The molecule has 3 aromatic rings. The molecule has 0 unspecified atom stereocenters. The average Bonchev–Trinajstić information content (AvgIpc) is 3.03. The third-order valence-electron chi connectivity index (χ3n) is 5.09. The van der Waals surface area contributed by atoms with Gasteiger partial charge in [-0.25, -0.2) is 0 Å². The highest BCUT2D eigenvalue weighted by Crippen LogP contribution is 2.38. The molecule has 1 fully saturated rings. The van der Waals surface area contributed by atoms with E-state index in [1.165, 1.54) is 17.3 Å². The van der Waals surface area contributed by atoms with E-state index in [4.69, 9.17) is 17.0 Å². The highest BCUT2D eigenvalue weighted by Gasteiger charge is 2.33. The molecule has 0 aliphatic carbocycles. The molecule has 0 spiro atoms. The molecule has 0 radical (unpaired) electrons. The van der Waals surface area contributed by atoms with Gasteiger partial charge in [0.15, 0.2) is 4.32 Å². The number of hydrogen-bond donors (Lipinski definition) is 0. The minimum Gasteiger partial charge on any atom is -0.487 e. The number of ether oxygens (including phenoxy) is 1. The van der Waals surface area contributed by atoms with Gasteiger partial charge < -0.3 is 4.74 Å². The topological polar surface area (TPSA) is 29.5 Å². The second kappa shape index (κ2) is 10.2. The standard InChI is InChI=1S/C25H19I2NO2S2/c1-15-8-9-19(10-16(15)2)28-24(29)22(32-25(28)31)13-18-11-20(26)23(21(27)12-18)30-14-17-6-4-3-5-7-17/h3-13H,14H2,1-2H3/b22-13+. The smallest absolute Gasteiger partial charge is 0.270 e. The molecule has 3 aromatic carbocycles. The molecule has 4 rings (SSSR count). The molecule has 1 saturated heterocycles. The largest absolute Gasteiger partial charge is 0.487 e. The van der Waals surface area contributed by atoms with Crippen molar-refractivity contribution >= 4 is 91.2 Å². The summed E-state index contributed by atoms with van der Waals surface area (Å²) in [7, 11) is 0. The number of hydrogen-bond acceptors (Lipinski definition) is 4. The summed E-state index contributed by atoms with van der Waals surface area (Å²) >= 11 is 11.4. The molecule has 1 heterocycles. The number of thioether (sulfide) groups is 1. The second-order valence-electron chi connectivity index (χ2n) is 7.37. The number of benzene rings is 3. The molecule has 162 valence electrons. The molecule has 0 aromatic heterocycles. The lowest BCUT2D eigenvalue weighted by Gasteiger charge is -2.16. The Morgan fingerprint density at radius 1 is 1.00 bits per heavy atom. The van der Waals surface area contributed by atoms with Gasteiger partial charge in [0.2, 0.25) is 0 Å². The number of carbonyl (C=O) groups excluding carboxylic acids is 1. The summed E-state index contributed by atoms with van der Waals surface area (Å²) < 4.78 is 8.63. The summed E-state index contributed by atoms with van der Waals surface area (Å²) in [6, 6.07) is 20.1. The molecule has 1 amide bonds. The van der Waals surface area contributed by atoms with Crippen molar-refractivity contribution < 1.29 is 9.53 Å². The Morgan fingerprint density at radius 2 is 1.69 bits per heavy atom. The SMILES string of the molecule is Cc1ccc(N2C(=O)/C(=C\c3cc(I)c(OCc4ccccc4)c(I)c3)SC2=S)cc1C. The van der Waals surface area contributed by atoms with Crippen molar-refractivity contribution in [1.29, 1.82) is 0 Å². The summed E-state index contributed by atoms with van der Waals surface area (Å²) in [6.45, 7) is 4.61. The minimum atomic E-state index is -0.0855. The third-order valence-corrected chi connectivity index (χ3v) is 7.99. The molecule has 0 saturated carbocycles. The Kier molecular flexibility index (Phi) is 7.58. The number of carbonyl (C=O) groups is 1. The number of anilines is 1. The van der Waals surface area contributed by atoms with Crippen LogP contribution in [0.25, 0.3) is 6.08 Å². The Labute approximate surface area is 224 Å². The Hall–Kier alpha value is -1.43. The van der Waals surface area contributed by atoms with Gasteiger partial charge in [0.05, 0.1) is 17.7 Å². The summed E-state index contributed by atoms with van der Waals surface area (Å²) in [5.74, 6) is 0.771. The average molecular weight is 683 g/mol. The Bertz CT molecular complexity index is 1220. The highest BCUT2D eigenvalue weighted by molar-refractivity contribution is 14.1. The zero-order chi connectivity index (χ0) is 22.8. The van der Waals surface area contributed by atoms with Crippen LogP contribution in [-0.2, 0) is 11.4 Å². The van der Waals surface area contributed by atoms with Gasteiger partial charge >= 0.3 is 0 Å². The van der Waals surface area contributed by atoms with Gasteiger partial charge in [-0.3, -0.25) is 9.69 Å². The van der Waals surface area contributed by atoms with Crippen molar-refractivity contribution in [3.05, 3.63) is 95.0 Å². The maximum Gasteiger partial charge on any atom is 0.270 e. The predicted molar refractivity (Wildman–Crippen MR) is 154 cm³/mol. The van der Waals surface area contributed by atoms with E-state index in [9.17, 15) is 4.79 Å². The number of thiocarbonyl (C=S) groups is 1. The lowest BCUT2D eigenvalue weighted by molar-refractivity contribution is -0.113. The van der Waals surface area contributed by atoms with Crippen LogP contribution in [0.15, 0.2) is 65.6 Å². The second-order valence-corrected chi connectivity index (χ2v) is 11.4. The van der Waals surface area contributed by atoms with Crippen LogP contribution in [-0.4, -0.2) is 10.2 Å². The number of nitrogens with zero attached hydrogens (tertiary/aromatic N) is 1. The van der Waals surface area contributed by atoms with E-state index < -0.39 is 0 Å². The maximum atomic E-state index is 13.1. The van der Waals surface area contributed by atoms with E-state index in [2.05, 4.69) is 52.1 Å². The number of rotatable bonds is 5. The molecule has 1 aliphatic rings. The van der Waals surface area contributed by atoms with Crippen LogP contribution in [0.2, 0.25) is 0 Å². The molecule has 7 heteroatoms. The fourth-order valence-corrected chi connectivity index (χ4v) is 6.66. The summed E-state index contributed by atoms with van der Waals surface area (Å²) in [5, 5.41) is 0. The van der Waals surface area contributed by atoms with E-state index in [0.29, 0.717) is 15.8 Å². The highest BCUT2D eigenvalue weighted by atomic mass is 127. The van der Waals surface area contributed by atoms with E-state index in [0.717, 1.165) is 35.3 Å². The van der Waals surface area contributed by atoms with Crippen molar-refractivity contribution in [2.75, 3.05) is 4.90 Å². The number of halogens is 2.